The van der Waals surface area contributed by atoms with E-state index in [1.54, 1.807) is 78.4 Å². The SMILES string of the molecule is CCOC(C)=O.Cc1c(CC(=O)O)c2cc(N(C)C)ccc2n1C(=O)c1ccc(Cl)cc1.Cc1c(CC(=O)O)c2cc(N(C)C)ccc2n1C(=O)c1ccc(Cl)cc1.Cl.Cl. The van der Waals surface area contributed by atoms with Crippen molar-refractivity contribution in [1.82, 2.24) is 9.13 Å². The highest BCUT2D eigenvalue weighted by Gasteiger charge is 2.23. The molecule has 320 valence electrons. The quantitative estimate of drug-likeness (QED) is 0.134. The molecular weight excluding hydrogens is 854 g/mol. The Morgan fingerprint density at radius 1 is 0.600 bits per heavy atom. The summed E-state index contributed by atoms with van der Waals surface area (Å²) in [5.74, 6) is -2.49. The van der Waals surface area contributed by atoms with Crippen molar-refractivity contribution in [3.63, 3.8) is 0 Å². The van der Waals surface area contributed by atoms with Gasteiger partial charge in [-0.25, -0.2) is 0 Å². The Hall–Kier alpha value is -5.53. The number of carboxylic acid groups (broad SMARTS) is 2. The number of aromatic nitrogens is 2. The monoisotopic (exact) mass is 900 g/mol. The summed E-state index contributed by atoms with van der Waals surface area (Å²) in [7, 11) is 7.67. The Morgan fingerprint density at radius 2 is 0.933 bits per heavy atom. The molecular formula is C44H48Cl4N4O8. The Morgan fingerprint density at radius 3 is 1.18 bits per heavy atom. The van der Waals surface area contributed by atoms with Crippen LogP contribution >= 0.6 is 48.0 Å². The number of carbonyl (C=O) groups is 5. The molecule has 0 aliphatic carbocycles. The van der Waals surface area contributed by atoms with E-state index in [1.165, 1.54) is 6.92 Å². The van der Waals surface area contributed by atoms with Crippen LogP contribution in [0.2, 0.25) is 10.0 Å². The third kappa shape index (κ3) is 12.0. The summed E-state index contributed by atoms with van der Waals surface area (Å²) >= 11 is 11.8. The lowest BCUT2D eigenvalue weighted by atomic mass is 10.1. The van der Waals surface area contributed by atoms with E-state index in [1.807, 2.05) is 74.4 Å². The normalized spacial score (nSPS) is 10.2. The van der Waals surface area contributed by atoms with Crippen LogP contribution in [-0.4, -0.2) is 83.9 Å². The molecule has 0 amide bonds. The van der Waals surface area contributed by atoms with Crippen LogP contribution < -0.4 is 9.80 Å². The van der Waals surface area contributed by atoms with E-state index in [2.05, 4.69) is 4.74 Å². The van der Waals surface area contributed by atoms with E-state index < -0.39 is 11.9 Å². The average molecular weight is 903 g/mol. The molecule has 0 aliphatic rings. The summed E-state index contributed by atoms with van der Waals surface area (Å²) in [5.41, 5.74) is 6.85. The Labute approximate surface area is 371 Å². The maximum Gasteiger partial charge on any atom is 0.307 e. The van der Waals surface area contributed by atoms with Crippen molar-refractivity contribution in [3.8, 4) is 0 Å². The number of benzene rings is 4. The van der Waals surface area contributed by atoms with Gasteiger partial charge in [0.1, 0.15) is 0 Å². The van der Waals surface area contributed by atoms with Crippen molar-refractivity contribution < 1.29 is 38.9 Å². The zero-order valence-electron chi connectivity index (χ0n) is 34.4. The maximum atomic E-state index is 13.1. The highest BCUT2D eigenvalue weighted by Crippen LogP contribution is 2.32. The van der Waals surface area contributed by atoms with Gasteiger partial charge >= 0.3 is 17.9 Å². The molecule has 12 nitrogen and oxygen atoms in total. The van der Waals surface area contributed by atoms with Crippen LogP contribution in [0.3, 0.4) is 0 Å². The zero-order chi connectivity index (χ0) is 43.0. The smallest absolute Gasteiger partial charge is 0.307 e. The van der Waals surface area contributed by atoms with Crippen LogP contribution in [0.4, 0.5) is 11.4 Å². The molecule has 6 rings (SSSR count). The van der Waals surface area contributed by atoms with Crippen molar-refractivity contribution >= 4 is 111 Å². The first kappa shape index (κ1) is 50.6. The number of ether oxygens (including phenoxy) is 1. The number of hydrogen-bond acceptors (Lipinski definition) is 8. The first-order valence-corrected chi connectivity index (χ1v) is 18.9. The minimum Gasteiger partial charge on any atom is -0.481 e. The van der Waals surface area contributed by atoms with Crippen molar-refractivity contribution in [2.75, 3.05) is 44.6 Å². The summed E-state index contributed by atoms with van der Waals surface area (Å²) in [4.78, 5) is 62.6. The molecule has 60 heavy (non-hydrogen) atoms. The summed E-state index contributed by atoms with van der Waals surface area (Å²) in [5, 5.41) is 21.3. The second-order valence-electron chi connectivity index (χ2n) is 13.7. The Balaban J connectivity index is 0.000000354. The van der Waals surface area contributed by atoms with E-state index in [9.17, 15) is 34.2 Å². The van der Waals surface area contributed by atoms with Gasteiger partial charge in [0.15, 0.2) is 0 Å². The number of nitrogens with zero attached hydrogens (tertiary/aromatic N) is 4. The first-order valence-electron chi connectivity index (χ1n) is 18.2. The van der Waals surface area contributed by atoms with Crippen LogP contribution in [-0.2, 0) is 32.0 Å². The molecule has 0 saturated heterocycles. The van der Waals surface area contributed by atoms with Crippen LogP contribution in [0.25, 0.3) is 21.8 Å². The molecule has 0 aliphatic heterocycles. The molecule has 6 aromatic rings. The lowest BCUT2D eigenvalue weighted by Crippen LogP contribution is -2.14. The van der Waals surface area contributed by atoms with Gasteiger partial charge < -0.3 is 24.7 Å². The minimum absolute atomic E-state index is 0. The predicted octanol–water partition coefficient (Wildman–Crippen LogP) is 9.38. The van der Waals surface area contributed by atoms with Crippen molar-refractivity contribution in [2.24, 2.45) is 0 Å². The van der Waals surface area contributed by atoms with Gasteiger partial charge in [0.05, 0.1) is 30.5 Å². The van der Waals surface area contributed by atoms with E-state index >= 15 is 0 Å². The fourth-order valence-electron chi connectivity index (χ4n) is 6.42. The van der Waals surface area contributed by atoms with Gasteiger partial charge in [-0.1, -0.05) is 23.2 Å². The number of halogens is 4. The molecule has 0 radical (unpaired) electrons. The van der Waals surface area contributed by atoms with Crippen molar-refractivity contribution in [1.29, 1.82) is 0 Å². The molecule has 0 atom stereocenters. The van der Waals surface area contributed by atoms with E-state index in [0.29, 0.717) is 61.3 Å². The number of carbonyl (C=O) groups excluding carboxylic acids is 3. The molecule has 0 unspecified atom stereocenters. The average Bonchev–Trinajstić information content (AvgIpc) is 3.59. The molecule has 4 aromatic carbocycles. The molecule has 0 spiro atoms. The fourth-order valence-corrected chi connectivity index (χ4v) is 6.67. The van der Waals surface area contributed by atoms with Crippen LogP contribution in [0.5, 0.6) is 0 Å². The number of fused-ring (bicyclic) bond motifs is 2. The highest BCUT2D eigenvalue weighted by atomic mass is 35.5. The van der Waals surface area contributed by atoms with Crippen LogP contribution in [0.15, 0.2) is 84.9 Å². The van der Waals surface area contributed by atoms with Gasteiger partial charge in [-0.15, -0.1) is 24.8 Å². The first-order chi connectivity index (χ1) is 27.4. The second-order valence-corrected chi connectivity index (χ2v) is 14.6. The minimum atomic E-state index is -0.929. The molecule has 0 saturated carbocycles. The van der Waals surface area contributed by atoms with E-state index in [4.69, 9.17) is 23.2 Å². The van der Waals surface area contributed by atoms with E-state index in [-0.39, 0.29) is 55.4 Å². The summed E-state index contributed by atoms with van der Waals surface area (Å²) in [6.07, 6.45) is -0.278. The summed E-state index contributed by atoms with van der Waals surface area (Å²) < 4.78 is 7.56. The fraction of sp³-hybridized carbons (Fsp3) is 0.250. The molecule has 2 heterocycles. The maximum absolute atomic E-state index is 13.1. The van der Waals surface area contributed by atoms with Crippen LogP contribution in [0, 0.1) is 13.8 Å². The molecule has 2 N–H and O–H groups in total. The third-order valence-corrected chi connectivity index (χ3v) is 9.77. The van der Waals surface area contributed by atoms with Crippen molar-refractivity contribution in [2.45, 2.75) is 40.5 Å². The van der Waals surface area contributed by atoms with Crippen molar-refractivity contribution in [3.05, 3.63) is 129 Å². The second kappa shape index (κ2) is 22.2. The van der Waals surface area contributed by atoms with Gasteiger partial charge in [0.2, 0.25) is 0 Å². The number of hydrogen-bond donors (Lipinski definition) is 2. The topological polar surface area (TPSA) is 151 Å². The standard InChI is InChI=1S/2C20H19ClN2O3.C4H8O2.2ClH/c2*1-12-16(11-19(24)25)17-10-15(22(2)3)8-9-18(17)23(12)20(26)13-4-6-14(21)7-5-13;1-3-6-4(2)5;;/h2*4-10H,11H2,1-3H3,(H,24,25);3H2,1-2H3;2*1H. The van der Waals surface area contributed by atoms with Gasteiger partial charge in [0.25, 0.3) is 11.8 Å². The third-order valence-electron chi connectivity index (χ3n) is 9.26. The Bertz CT molecular complexity index is 2330. The number of aliphatic carboxylic acids is 2. The zero-order valence-corrected chi connectivity index (χ0v) is 37.6. The number of carboxylic acids is 2. The molecule has 16 heteroatoms. The van der Waals surface area contributed by atoms with Gasteiger partial charge in [-0.2, -0.15) is 0 Å². The summed E-state index contributed by atoms with van der Waals surface area (Å²) in [6.45, 7) is 7.21. The van der Waals surface area contributed by atoms with Gasteiger partial charge in [0, 0.05) is 89.8 Å². The lowest BCUT2D eigenvalue weighted by Gasteiger charge is -2.13. The molecule has 0 bridgehead atoms. The highest BCUT2D eigenvalue weighted by molar-refractivity contribution is 6.31. The predicted molar refractivity (Wildman–Crippen MR) is 244 cm³/mol. The van der Waals surface area contributed by atoms with Crippen LogP contribution in [0.1, 0.15) is 57.1 Å². The van der Waals surface area contributed by atoms with Gasteiger partial charge in [-0.3, -0.25) is 33.1 Å². The largest absolute Gasteiger partial charge is 0.481 e. The Kier molecular flexibility index (Phi) is 18.7. The van der Waals surface area contributed by atoms with E-state index in [0.717, 1.165) is 22.1 Å². The van der Waals surface area contributed by atoms with Gasteiger partial charge in [-0.05, 0) is 117 Å². The number of esters is 1. The molecule has 0 fully saturated rings. The number of rotatable bonds is 9. The summed E-state index contributed by atoms with van der Waals surface area (Å²) in [6, 6.07) is 24.7. The number of anilines is 2. The molecule has 2 aromatic heterocycles. The lowest BCUT2D eigenvalue weighted by molar-refractivity contribution is -0.140.